The normalized spacial score (nSPS) is 19.6. The second-order valence-corrected chi connectivity index (χ2v) is 7.75. The largest absolute Gasteiger partial charge is 0.374 e. The molecule has 2 rings (SSSR count). The highest BCUT2D eigenvalue weighted by Crippen LogP contribution is 2.22. The molecule has 124 valence electrons. The van der Waals surface area contributed by atoms with Gasteiger partial charge in [0.15, 0.2) is 0 Å². The molecule has 0 aromatic carbocycles. The predicted molar refractivity (Wildman–Crippen MR) is 90.5 cm³/mol. The molecule has 1 saturated heterocycles. The summed E-state index contributed by atoms with van der Waals surface area (Å²) in [5, 5.41) is 0. The zero-order chi connectivity index (χ0) is 16.1. The Morgan fingerprint density at radius 3 is 2.86 bits per heavy atom. The Hall–Kier alpha value is -0.660. The molecule has 1 aliphatic heterocycles. The van der Waals surface area contributed by atoms with E-state index < -0.39 is 0 Å². The van der Waals surface area contributed by atoms with E-state index >= 15 is 0 Å². The average molecular weight is 346 g/mol. The molecule has 0 bridgehead atoms. The maximum absolute atomic E-state index is 12.4. The van der Waals surface area contributed by atoms with Crippen molar-refractivity contribution in [2.75, 3.05) is 53.9 Å². The summed E-state index contributed by atoms with van der Waals surface area (Å²) in [7, 11) is 5.91. The third-order valence-electron chi connectivity index (χ3n) is 3.60. The molecule has 0 N–H and O–H groups in total. The Bertz CT molecular complexity index is 495. The summed E-state index contributed by atoms with van der Waals surface area (Å²) in [4.78, 5) is 19.5. The zero-order valence-corrected chi connectivity index (χ0v) is 15.0. The summed E-state index contributed by atoms with van der Waals surface area (Å²) in [5.41, 5.74) is 0. The molecular weight excluding hydrogens is 322 g/mol. The fourth-order valence-electron chi connectivity index (χ4n) is 2.51. The quantitative estimate of drug-likeness (QED) is 0.785. The molecule has 5 nitrogen and oxygen atoms in total. The fraction of sp³-hybridized carbons (Fsp3) is 0.667. The van der Waals surface area contributed by atoms with Crippen LogP contribution in [-0.2, 0) is 16.1 Å². The van der Waals surface area contributed by atoms with Gasteiger partial charge in [0, 0.05) is 31.6 Å². The monoisotopic (exact) mass is 345 g/mol. The molecular formula is C15H24ClN3O2S. The van der Waals surface area contributed by atoms with Gasteiger partial charge in [0.2, 0.25) is 5.91 Å². The van der Waals surface area contributed by atoms with Crippen LogP contribution in [0, 0.1) is 0 Å². The van der Waals surface area contributed by atoms with Gasteiger partial charge >= 0.3 is 0 Å². The van der Waals surface area contributed by atoms with Crippen LogP contribution in [0.15, 0.2) is 12.1 Å². The van der Waals surface area contributed by atoms with Crippen LogP contribution in [0.1, 0.15) is 4.88 Å². The molecule has 7 heteroatoms. The number of carbonyl (C=O) groups is 1. The minimum atomic E-state index is 0.134. The molecule has 22 heavy (non-hydrogen) atoms. The number of thiophene rings is 1. The van der Waals surface area contributed by atoms with E-state index in [1.54, 1.807) is 4.90 Å². The lowest BCUT2D eigenvalue weighted by Gasteiger charge is -2.34. The first-order valence-electron chi connectivity index (χ1n) is 7.41. The van der Waals surface area contributed by atoms with Crippen LogP contribution in [0.25, 0.3) is 0 Å². The Morgan fingerprint density at radius 1 is 1.45 bits per heavy atom. The molecule has 1 amide bonds. The number of rotatable bonds is 6. The van der Waals surface area contributed by atoms with Gasteiger partial charge in [-0.05, 0) is 26.2 Å². The molecule has 2 heterocycles. The minimum absolute atomic E-state index is 0.134. The lowest BCUT2D eigenvalue weighted by Crippen LogP contribution is -2.49. The lowest BCUT2D eigenvalue weighted by atomic mass is 10.2. The SMILES string of the molecule is CN(C)C[C@@H]1CN(CC(=O)N(C)Cc2ccc(Cl)s2)CCO1. The Kier molecular flexibility index (Phi) is 6.65. The summed E-state index contributed by atoms with van der Waals surface area (Å²) in [6.07, 6.45) is 0.179. The van der Waals surface area contributed by atoms with Crippen molar-refractivity contribution in [3.63, 3.8) is 0 Å². The van der Waals surface area contributed by atoms with Crippen LogP contribution in [0.5, 0.6) is 0 Å². The van der Waals surface area contributed by atoms with Gasteiger partial charge in [0.05, 0.1) is 30.1 Å². The van der Waals surface area contributed by atoms with E-state index in [9.17, 15) is 4.79 Å². The van der Waals surface area contributed by atoms with E-state index in [2.05, 4.69) is 9.80 Å². The van der Waals surface area contributed by atoms with Crippen molar-refractivity contribution in [1.82, 2.24) is 14.7 Å². The molecule has 0 saturated carbocycles. The fourth-order valence-corrected chi connectivity index (χ4v) is 3.65. The van der Waals surface area contributed by atoms with E-state index in [1.807, 2.05) is 33.3 Å². The van der Waals surface area contributed by atoms with Gasteiger partial charge in [-0.15, -0.1) is 11.3 Å². The van der Waals surface area contributed by atoms with Gasteiger partial charge in [-0.25, -0.2) is 0 Å². The first kappa shape index (κ1) is 17.7. The standard InChI is InChI=1S/C15H24ClN3O2S/c1-17(2)8-12-9-19(6-7-21-12)11-15(20)18(3)10-13-4-5-14(16)22-13/h4-5,12H,6-11H2,1-3H3/t12-/m1/s1. The Balaban J connectivity index is 1.80. The summed E-state index contributed by atoms with van der Waals surface area (Å²) >= 11 is 7.44. The number of morpholine rings is 1. The number of carbonyl (C=O) groups excluding carboxylic acids is 1. The molecule has 1 fully saturated rings. The molecule has 1 aliphatic rings. The number of halogens is 1. The third-order valence-corrected chi connectivity index (χ3v) is 4.81. The number of likely N-dealkylation sites (N-methyl/N-ethyl adjacent to an activating group) is 2. The zero-order valence-electron chi connectivity index (χ0n) is 13.4. The highest BCUT2D eigenvalue weighted by atomic mass is 35.5. The van der Waals surface area contributed by atoms with Crippen molar-refractivity contribution in [3.05, 3.63) is 21.3 Å². The summed E-state index contributed by atoms with van der Waals surface area (Å²) in [6, 6.07) is 3.84. The second-order valence-electron chi connectivity index (χ2n) is 5.95. The molecule has 0 spiro atoms. The smallest absolute Gasteiger partial charge is 0.236 e. The predicted octanol–water partition coefficient (Wildman–Crippen LogP) is 1.62. The van der Waals surface area contributed by atoms with Gasteiger partial charge < -0.3 is 14.5 Å². The van der Waals surface area contributed by atoms with Crippen molar-refractivity contribution in [1.29, 1.82) is 0 Å². The van der Waals surface area contributed by atoms with E-state index in [0.717, 1.165) is 28.8 Å². The Labute approximate surface area is 141 Å². The lowest BCUT2D eigenvalue weighted by molar-refractivity contribution is -0.133. The number of hydrogen-bond donors (Lipinski definition) is 0. The van der Waals surface area contributed by atoms with Gasteiger partial charge in [-0.1, -0.05) is 11.6 Å². The third kappa shape index (κ3) is 5.52. The maximum atomic E-state index is 12.4. The van der Waals surface area contributed by atoms with Gasteiger partial charge in [0.25, 0.3) is 0 Å². The van der Waals surface area contributed by atoms with Crippen LogP contribution in [0.2, 0.25) is 4.34 Å². The number of nitrogens with zero attached hydrogens (tertiary/aromatic N) is 3. The first-order valence-corrected chi connectivity index (χ1v) is 8.60. The number of ether oxygens (including phenoxy) is 1. The van der Waals surface area contributed by atoms with Crippen molar-refractivity contribution in [2.24, 2.45) is 0 Å². The number of hydrogen-bond acceptors (Lipinski definition) is 5. The highest BCUT2D eigenvalue weighted by molar-refractivity contribution is 7.16. The number of amides is 1. The maximum Gasteiger partial charge on any atom is 0.236 e. The molecule has 0 unspecified atom stereocenters. The van der Waals surface area contributed by atoms with Gasteiger partial charge in [-0.2, -0.15) is 0 Å². The average Bonchev–Trinajstić information content (AvgIpc) is 2.83. The molecule has 1 aromatic rings. The minimum Gasteiger partial charge on any atom is -0.374 e. The summed E-state index contributed by atoms with van der Waals surface area (Å²) < 4.78 is 6.50. The van der Waals surface area contributed by atoms with E-state index in [-0.39, 0.29) is 12.0 Å². The first-order chi connectivity index (χ1) is 10.4. The van der Waals surface area contributed by atoms with Crippen LogP contribution >= 0.6 is 22.9 Å². The van der Waals surface area contributed by atoms with Crippen molar-refractivity contribution >= 4 is 28.8 Å². The van der Waals surface area contributed by atoms with Crippen LogP contribution in [0.4, 0.5) is 0 Å². The van der Waals surface area contributed by atoms with Crippen LogP contribution in [-0.4, -0.2) is 80.6 Å². The highest BCUT2D eigenvalue weighted by Gasteiger charge is 2.23. The van der Waals surface area contributed by atoms with Gasteiger partial charge in [-0.3, -0.25) is 9.69 Å². The van der Waals surface area contributed by atoms with Crippen LogP contribution < -0.4 is 0 Å². The van der Waals surface area contributed by atoms with Crippen LogP contribution in [0.3, 0.4) is 0 Å². The van der Waals surface area contributed by atoms with Crippen molar-refractivity contribution in [3.8, 4) is 0 Å². The van der Waals surface area contributed by atoms with Crippen molar-refractivity contribution < 1.29 is 9.53 Å². The topological polar surface area (TPSA) is 36.0 Å². The van der Waals surface area contributed by atoms with E-state index in [4.69, 9.17) is 16.3 Å². The van der Waals surface area contributed by atoms with Gasteiger partial charge in [0.1, 0.15) is 0 Å². The van der Waals surface area contributed by atoms with E-state index in [1.165, 1.54) is 11.3 Å². The summed E-state index contributed by atoms with van der Waals surface area (Å²) in [6.45, 7) is 4.26. The second kappa shape index (κ2) is 8.26. The van der Waals surface area contributed by atoms with E-state index in [0.29, 0.717) is 19.7 Å². The Morgan fingerprint density at radius 2 is 2.23 bits per heavy atom. The molecule has 0 aliphatic carbocycles. The van der Waals surface area contributed by atoms with Crippen molar-refractivity contribution in [2.45, 2.75) is 12.6 Å². The molecule has 0 radical (unpaired) electrons. The summed E-state index contributed by atoms with van der Waals surface area (Å²) in [5.74, 6) is 0.134. The molecule has 1 aromatic heterocycles. The molecule has 1 atom stereocenters.